The van der Waals surface area contributed by atoms with Gasteiger partial charge in [-0.1, -0.05) is 61.0 Å². The van der Waals surface area contributed by atoms with Gasteiger partial charge >= 0.3 is 6.09 Å². The number of imide groups is 2. The molecule has 3 unspecified atom stereocenters. The number of carbonyl (C=O) groups is 4. The van der Waals surface area contributed by atoms with Crippen molar-refractivity contribution in [2.45, 2.75) is 45.2 Å². The molecule has 0 bridgehead atoms. The first-order chi connectivity index (χ1) is 17.9. The van der Waals surface area contributed by atoms with E-state index in [9.17, 15) is 19.2 Å². The summed E-state index contributed by atoms with van der Waals surface area (Å²) in [5.41, 5.74) is 1.51. The van der Waals surface area contributed by atoms with Crippen LogP contribution in [-0.2, 0) is 25.7 Å². The van der Waals surface area contributed by atoms with Gasteiger partial charge in [0.15, 0.2) is 0 Å². The molecular weight excluding hydrogens is 470 g/mol. The first kappa shape index (κ1) is 23.3. The highest BCUT2D eigenvalue weighted by Crippen LogP contribution is 2.56. The van der Waals surface area contributed by atoms with E-state index in [-0.39, 0.29) is 24.3 Å². The van der Waals surface area contributed by atoms with Crippen molar-refractivity contribution < 1.29 is 23.9 Å². The van der Waals surface area contributed by atoms with E-state index in [1.807, 2.05) is 43.3 Å². The van der Waals surface area contributed by atoms with E-state index in [0.717, 1.165) is 16.0 Å². The Bertz CT molecular complexity index is 1380. The molecule has 2 aromatic carbocycles. The van der Waals surface area contributed by atoms with Gasteiger partial charge in [-0.3, -0.25) is 19.3 Å². The lowest BCUT2D eigenvalue weighted by molar-refractivity contribution is -0.133. The summed E-state index contributed by atoms with van der Waals surface area (Å²) in [6.45, 7) is 3.88. The number of aliphatic imine (C=N–C) groups is 1. The largest absolute Gasteiger partial charge is 0.424 e. The molecule has 0 aromatic heterocycles. The molecule has 3 fully saturated rings. The van der Waals surface area contributed by atoms with E-state index in [4.69, 9.17) is 4.74 Å². The minimum atomic E-state index is -1.30. The predicted octanol–water partition coefficient (Wildman–Crippen LogP) is 4.26. The summed E-state index contributed by atoms with van der Waals surface area (Å²) in [5, 5.41) is 0. The fourth-order valence-electron chi connectivity index (χ4n) is 6.64. The highest BCUT2D eigenvalue weighted by atomic mass is 16.6. The predicted molar refractivity (Wildman–Crippen MR) is 135 cm³/mol. The normalized spacial score (nSPS) is 30.0. The van der Waals surface area contributed by atoms with Crippen molar-refractivity contribution in [3.63, 3.8) is 0 Å². The van der Waals surface area contributed by atoms with Gasteiger partial charge in [-0.05, 0) is 43.9 Å². The van der Waals surface area contributed by atoms with E-state index < -0.39 is 35.3 Å². The van der Waals surface area contributed by atoms with Crippen LogP contribution in [0.1, 0.15) is 38.7 Å². The minimum absolute atomic E-state index is 0.117. The van der Waals surface area contributed by atoms with Gasteiger partial charge in [0.1, 0.15) is 5.54 Å². The Hall–Kier alpha value is -4.07. The van der Waals surface area contributed by atoms with Gasteiger partial charge in [0, 0.05) is 11.5 Å². The molecule has 4 aliphatic rings. The van der Waals surface area contributed by atoms with Crippen LogP contribution in [0.2, 0.25) is 0 Å². The molecule has 0 N–H and O–H groups in total. The van der Waals surface area contributed by atoms with Crippen LogP contribution in [0.4, 0.5) is 10.5 Å². The third-order valence-corrected chi connectivity index (χ3v) is 8.27. The molecule has 1 aliphatic carbocycles. The highest BCUT2D eigenvalue weighted by Gasteiger charge is 2.68. The molecule has 8 heteroatoms. The number of anilines is 1. The van der Waals surface area contributed by atoms with Crippen LogP contribution in [-0.4, -0.2) is 40.2 Å². The van der Waals surface area contributed by atoms with Crippen molar-refractivity contribution in [1.29, 1.82) is 0 Å². The molecule has 0 radical (unpaired) electrons. The van der Waals surface area contributed by atoms with Crippen molar-refractivity contribution in [1.82, 2.24) is 4.90 Å². The molecule has 188 valence electrons. The van der Waals surface area contributed by atoms with Crippen LogP contribution >= 0.6 is 0 Å². The van der Waals surface area contributed by atoms with E-state index in [1.54, 1.807) is 31.2 Å². The number of hydrogen-bond acceptors (Lipinski definition) is 6. The number of ether oxygens (including phenoxy) is 1. The zero-order valence-corrected chi connectivity index (χ0v) is 20.7. The summed E-state index contributed by atoms with van der Waals surface area (Å²) in [5.74, 6) is -2.69. The van der Waals surface area contributed by atoms with Gasteiger partial charge in [0.25, 0.3) is 5.91 Å². The van der Waals surface area contributed by atoms with Crippen molar-refractivity contribution in [3.05, 3.63) is 77.4 Å². The zero-order valence-electron chi connectivity index (χ0n) is 20.7. The molecule has 1 saturated carbocycles. The van der Waals surface area contributed by atoms with Crippen LogP contribution in [0.5, 0.6) is 0 Å². The molecular formula is C29H27N3O5. The fraction of sp³-hybridized carbons (Fsp3) is 0.345. The lowest BCUT2D eigenvalue weighted by atomic mass is 9.59. The number of carbonyl (C=O) groups excluding carboxylic acids is 4. The lowest BCUT2D eigenvalue weighted by Crippen LogP contribution is -2.63. The Morgan fingerprint density at radius 3 is 2.32 bits per heavy atom. The number of amides is 4. The number of nitrogens with zero attached hydrogens (tertiary/aromatic N) is 3. The Morgan fingerprint density at radius 1 is 0.973 bits per heavy atom. The summed E-state index contributed by atoms with van der Waals surface area (Å²) < 4.78 is 5.65. The minimum Gasteiger partial charge on any atom is -0.393 e. The zero-order chi connectivity index (χ0) is 25.9. The second-order valence-corrected chi connectivity index (χ2v) is 10.1. The number of rotatable bonds is 4. The molecule has 2 saturated heterocycles. The van der Waals surface area contributed by atoms with Gasteiger partial charge < -0.3 is 4.74 Å². The molecule has 0 spiro atoms. The Kier molecular flexibility index (Phi) is 5.36. The standard InChI is InChI=1S/C29H27N3O5/c1-3-19-20-14-15-21-22(26(35)31(24(21)33)18-12-8-5-9-13-18)23(20)29(2)27(37-28(36)32(29)25(19)34)30-16-17-10-6-4-7-11-17/h4-13,21-23H,3,14-16H2,1-2H3/t21?,22?,23?,29-/m0/s1. The van der Waals surface area contributed by atoms with E-state index in [2.05, 4.69) is 4.99 Å². The monoisotopic (exact) mass is 497 g/mol. The van der Waals surface area contributed by atoms with Crippen LogP contribution in [0.15, 0.2) is 76.8 Å². The second-order valence-electron chi connectivity index (χ2n) is 10.1. The van der Waals surface area contributed by atoms with Gasteiger partial charge in [-0.15, -0.1) is 0 Å². The van der Waals surface area contributed by atoms with Crippen molar-refractivity contribution in [3.8, 4) is 0 Å². The van der Waals surface area contributed by atoms with Gasteiger partial charge in [0.05, 0.1) is 24.1 Å². The summed E-state index contributed by atoms with van der Waals surface area (Å²) in [7, 11) is 0. The fourth-order valence-corrected chi connectivity index (χ4v) is 6.64. The van der Waals surface area contributed by atoms with Crippen LogP contribution in [0, 0.1) is 17.8 Å². The third kappa shape index (κ3) is 3.24. The van der Waals surface area contributed by atoms with Gasteiger partial charge in [-0.25, -0.2) is 14.7 Å². The number of cyclic esters (lactones) is 1. The quantitative estimate of drug-likeness (QED) is 0.588. The van der Waals surface area contributed by atoms with Crippen molar-refractivity contribution >= 4 is 35.4 Å². The SMILES string of the molecule is CCC1=C2CCC3C(=O)N(c4ccccc4)C(=O)C3C2[C@@]2(C)C(=NCc3ccccc3)OC(=O)N2C1=O. The number of hydrogen-bond donors (Lipinski definition) is 0. The smallest absolute Gasteiger partial charge is 0.393 e. The van der Waals surface area contributed by atoms with Crippen molar-refractivity contribution in [2.75, 3.05) is 4.90 Å². The first-order valence-electron chi connectivity index (χ1n) is 12.7. The average molecular weight is 498 g/mol. The molecule has 4 amide bonds. The highest BCUT2D eigenvalue weighted by molar-refractivity contribution is 6.23. The number of benzene rings is 2. The molecule has 37 heavy (non-hydrogen) atoms. The average Bonchev–Trinajstić information content (AvgIpc) is 3.33. The number of fused-ring (bicyclic) bond motifs is 5. The summed E-state index contributed by atoms with van der Waals surface area (Å²) in [6.07, 6.45) is 0.612. The maximum Gasteiger partial charge on any atom is 0.424 e. The molecule has 4 atom stereocenters. The van der Waals surface area contributed by atoms with Gasteiger partial charge in [-0.2, -0.15) is 0 Å². The van der Waals surface area contributed by atoms with Crippen LogP contribution < -0.4 is 4.90 Å². The Morgan fingerprint density at radius 2 is 1.65 bits per heavy atom. The molecule has 3 heterocycles. The van der Waals surface area contributed by atoms with Gasteiger partial charge in [0.2, 0.25) is 17.7 Å². The molecule has 2 aromatic rings. The van der Waals surface area contributed by atoms with Crippen LogP contribution in [0.3, 0.4) is 0 Å². The summed E-state index contributed by atoms with van der Waals surface area (Å²) in [4.78, 5) is 61.4. The van der Waals surface area contributed by atoms with Crippen LogP contribution in [0.25, 0.3) is 0 Å². The van der Waals surface area contributed by atoms with Crippen molar-refractivity contribution in [2.24, 2.45) is 22.7 Å². The van der Waals surface area contributed by atoms with E-state index in [1.165, 1.54) is 4.90 Å². The Labute approximate surface area is 214 Å². The van der Waals surface area contributed by atoms with E-state index in [0.29, 0.717) is 30.5 Å². The number of para-hydroxylation sites is 1. The van der Waals surface area contributed by atoms with E-state index >= 15 is 0 Å². The molecule has 6 rings (SSSR count). The maximum atomic E-state index is 14.0. The molecule has 3 aliphatic heterocycles. The topological polar surface area (TPSA) is 96.3 Å². The Balaban J connectivity index is 1.49. The summed E-state index contributed by atoms with van der Waals surface area (Å²) >= 11 is 0. The molecule has 8 nitrogen and oxygen atoms in total. The summed E-state index contributed by atoms with van der Waals surface area (Å²) in [6, 6.07) is 18.4. The third-order valence-electron chi connectivity index (χ3n) is 8.27. The lowest BCUT2D eigenvalue weighted by Gasteiger charge is -2.48. The first-order valence-corrected chi connectivity index (χ1v) is 12.7. The maximum absolute atomic E-state index is 14.0. The second kappa shape index (κ2) is 8.50.